The third-order valence-electron chi connectivity index (χ3n) is 7.15. The molecule has 0 radical (unpaired) electrons. The maximum absolute atomic E-state index is 11.9. The lowest BCUT2D eigenvalue weighted by Gasteiger charge is -2.30. The fourth-order valence-corrected chi connectivity index (χ4v) is 6.31. The Balaban J connectivity index is 1.52. The van der Waals surface area contributed by atoms with Crippen molar-refractivity contribution in [2.75, 3.05) is 32.1 Å². The molecule has 3 N–H and O–H groups in total. The number of piperidine rings is 1. The molecule has 1 aromatic carbocycles. The first-order valence-corrected chi connectivity index (χ1v) is 14.0. The van der Waals surface area contributed by atoms with Crippen LogP contribution in [0.25, 0.3) is 21.3 Å². The summed E-state index contributed by atoms with van der Waals surface area (Å²) in [6.07, 6.45) is 4.16. The topological polar surface area (TPSA) is 111 Å². The van der Waals surface area contributed by atoms with Crippen LogP contribution in [0.5, 0.6) is 5.75 Å². The molecule has 3 aromatic heterocycles. The number of rotatable bonds is 9. The number of aromatic nitrogens is 4. The summed E-state index contributed by atoms with van der Waals surface area (Å²) >= 11 is 1.48. The van der Waals surface area contributed by atoms with Crippen molar-refractivity contribution in [2.45, 2.75) is 52.0 Å². The van der Waals surface area contributed by atoms with Crippen LogP contribution in [0.1, 0.15) is 56.1 Å². The van der Waals surface area contributed by atoms with E-state index in [1.807, 2.05) is 28.9 Å². The van der Waals surface area contributed by atoms with Crippen molar-refractivity contribution in [3.8, 4) is 16.9 Å². The van der Waals surface area contributed by atoms with Gasteiger partial charge in [0.15, 0.2) is 0 Å². The Bertz CT molecular complexity index is 1440. The maximum Gasteiger partial charge on any atom is 0.228 e. The van der Waals surface area contributed by atoms with E-state index in [1.165, 1.54) is 11.3 Å². The van der Waals surface area contributed by atoms with E-state index >= 15 is 0 Å². The molecule has 0 spiro atoms. The fraction of sp³-hybridized carbons (Fsp3) is 0.429. The lowest BCUT2D eigenvalue weighted by Crippen LogP contribution is -2.32. The summed E-state index contributed by atoms with van der Waals surface area (Å²) in [5.74, 6) is 2.12. The quantitative estimate of drug-likeness (QED) is 0.307. The highest BCUT2D eigenvalue weighted by molar-refractivity contribution is 7.19. The number of nitrogens with two attached hydrogens (primary N) is 1. The fourth-order valence-electron chi connectivity index (χ4n) is 5.17. The molecular formula is C28H35N7O2S. The Morgan fingerprint density at radius 3 is 2.71 bits per heavy atom. The van der Waals surface area contributed by atoms with Gasteiger partial charge in [0, 0.05) is 34.0 Å². The minimum atomic E-state index is -0.392. The molecule has 1 aliphatic heterocycles. The molecule has 5 rings (SSSR count). The molecule has 0 atom stereocenters. The summed E-state index contributed by atoms with van der Waals surface area (Å²) in [4.78, 5) is 24.8. The number of fused-ring (bicyclic) bond motifs is 1. The lowest BCUT2D eigenvalue weighted by molar-refractivity contribution is -0.117. The van der Waals surface area contributed by atoms with Crippen molar-refractivity contribution in [1.82, 2.24) is 24.6 Å². The molecular weight excluding hydrogens is 498 g/mol. The van der Waals surface area contributed by atoms with E-state index < -0.39 is 5.91 Å². The van der Waals surface area contributed by atoms with Gasteiger partial charge >= 0.3 is 0 Å². The Labute approximate surface area is 227 Å². The number of ether oxygens (including phenoxy) is 1. The van der Waals surface area contributed by atoms with E-state index in [1.54, 1.807) is 13.3 Å². The third kappa shape index (κ3) is 5.23. The van der Waals surface area contributed by atoms with Gasteiger partial charge in [-0.1, -0.05) is 25.1 Å². The maximum atomic E-state index is 11.9. The number of para-hydroxylation sites is 1. The molecule has 0 unspecified atom stereocenters. The van der Waals surface area contributed by atoms with Crippen LogP contribution in [0.2, 0.25) is 0 Å². The van der Waals surface area contributed by atoms with Crippen molar-refractivity contribution >= 4 is 39.2 Å². The minimum absolute atomic E-state index is 0.123. The van der Waals surface area contributed by atoms with Crippen LogP contribution in [0.4, 0.5) is 11.8 Å². The Kier molecular flexibility index (Phi) is 7.62. The van der Waals surface area contributed by atoms with Crippen LogP contribution < -0.4 is 15.8 Å². The number of carbonyl (C=O) groups excluding carboxylic acids is 1. The second kappa shape index (κ2) is 11.1. The molecule has 1 amide bonds. The third-order valence-corrected chi connectivity index (χ3v) is 8.27. The monoisotopic (exact) mass is 533 g/mol. The van der Waals surface area contributed by atoms with E-state index in [0.717, 1.165) is 70.2 Å². The van der Waals surface area contributed by atoms with Crippen LogP contribution in [-0.4, -0.2) is 57.3 Å². The Hall–Kier alpha value is -3.50. The molecule has 200 valence electrons. The predicted molar refractivity (Wildman–Crippen MR) is 152 cm³/mol. The molecule has 9 nitrogen and oxygen atoms in total. The second-order valence-corrected chi connectivity index (χ2v) is 11.1. The van der Waals surface area contributed by atoms with E-state index in [2.05, 4.69) is 42.0 Å². The zero-order valence-corrected chi connectivity index (χ0v) is 23.2. The van der Waals surface area contributed by atoms with Gasteiger partial charge < -0.3 is 20.7 Å². The number of primary amides is 1. The van der Waals surface area contributed by atoms with Crippen molar-refractivity contribution in [3.63, 3.8) is 0 Å². The van der Waals surface area contributed by atoms with Gasteiger partial charge in [-0.15, -0.1) is 11.3 Å². The summed E-state index contributed by atoms with van der Waals surface area (Å²) in [7, 11) is 1.64. The van der Waals surface area contributed by atoms with E-state index in [0.29, 0.717) is 17.6 Å². The number of likely N-dealkylation sites (tertiary alicyclic amines) is 1. The molecule has 0 saturated carbocycles. The summed E-state index contributed by atoms with van der Waals surface area (Å²) in [5, 5.41) is 8.41. The first kappa shape index (κ1) is 26.1. The SMILES string of the molecule is CCN1CCC(c2cc(Nc3ncc4sc(CC(N)=O)c(-c5ccccc5OC)c4n3)n(C(C)C)n2)CC1. The number of carbonyl (C=O) groups is 1. The molecule has 0 bridgehead atoms. The van der Waals surface area contributed by atoms with Crippen molar-refractivity contribution < 1.29 is 9.53 Å². The molecule has 0 aliphatic carbocycles. The summed E-state index contributed by atoms with van der Waals surface area (Å²) < 4.78 is 8.53. The largest absolute Gasteiger partial charge is 0.496 e. The lowest BCUT2D eigenvalue weighted by atomic mass is 9.94. The number of benzene rings is 1. The number of amides is 1. The Morgan fingerprint density at radius 1 is 1.26 bits per heavy atom. The molecule has 38 heavy (non-hydrogen) atoms. The predicted octanol–water partition coefficient (Wildman–Crippen LogP) is 5.12. The molecule has 1 saturated heterocycles. The van der Waals surface area contributed by atoms with Gasteiger partial charge in [-0.2, -0.15) is 5.10 Å². The average molecular weight is 534 g/mol. The minimum Gasteiger partial charge on any atom is -0.496 e. The van der Waals surface area contributed by atoms with Gasteiger partial charge in [-0.3, -0.25) is 4.79 Å². The first-order valence-electron chi connectivity index (χ1n) is 13.2. The van der Waals surface area contributed by atoms with Gasteiger partial charge in [-0.05, 0) is 52.4 Å². The van der Waals surface area contributed by atoms with Crippen LogP contribution in [0.15, 0.2) is 36.5 Å². The van der Waals surface area contributed by atoms with Gasteiger partial charge in [0.05, 0.1) is 35.6 Å². The summed E-state index contributed by atoms with van der Waals surface area (Å²) in [6, 6.07) is 10.1. The number of anilines is 2. The first-order chi connectivity index (χ1) is 18.4. The Morgan fingerprint density at radius 2 is 2.03 bits per heavy atom. The molecule has 4 heterocycles. The normalized spacial score (nSPS) is 14.9. The number of thiophene rings is 1. The highest BCUT2D eigenvalue weighted by Gasteiger charge is 2.25. The van der Waals surface area contributed by atoms with Crippen LogP contribution >= 0.6 is 11.3 Å². The van der Waals surface area contributed by atoms with E-state index in [9.17, 15) is 4.79 Å². The summed E-state index contributed by atoms with van der Waals surface area (Å²) in [5.41, 5.74) is 9.20. The second-order valence-electron chi connectivity index (χ2n) is 9.98. The van der Waals surface area contributed by atoms with Crippen molar-refractivity contribution in [1.29, 1.82) is 0 Å². The zero-order valence-electron chi connectivity index (χ0n) is 22.4. The van der Waals surface area contributed by atoms with Gasteiger partial charge in [0.1, 0.15) is 11.6 Å². The molecule has 1 fully saturated rings. The average Bonchev–Trinajstić information content (AvgIpc) is 3.49. The molecule has 10 heteroatoms. The highest BCUT2D eigenvalue weighted by Crippen LogP contribution is 2.42. The molecule has 1 aliphatic rings. The van der Waals surface area contributed by atoms with Gasteiger partial charge in [0.2, 0.25) is 11.9 Å². The van der Waals surface area contributed by atoms with Gasteiger partial charge in [-0.25, -0.2) is 14.6 Å². The van der Waals surface area contributed by atoms with Crippen molar-refractivity contribution in [3.05, 3.63) is 47.1 Å². The van der Waals surface area contributed by atoms with E-state index in [-0.39, 0.29) is 12.5 Å². The van der Waals surface area contributed by atoms with Crippen LogP contribution in [-0.2, 0) is 11.2 Å². The van der Waals surface area contributed by atoms with E-state index in [4.69, 9.17) is 20.6 Å². The molecule has 4 aromatic rings. The summed E-state index contributed by atoms with van der Waals surface area (Å²) in [6.45, 7) is 9.78. The number of nitrogens with one attached hydrogen (secondary N) is 1. The number of hydrogen-bond acceptors (Lipinski definition) is 8. The van der Waals surface area contributed by atoms with Crippen LogP contribution in [0.3, 0.4) is 0 Å². The van der Waals surface area contributed by atoms with Gasteiger partial charge in [0.25, 0.3) is 0 Å². The highest BCUT2D eigenvalue weighted by atomic mass is 32.1. The standard InChI is InChI=1S/C28H35N7O2S/c1-5-34-12-10-18(11-13-34)20-14-25(35(33-20)17(2)3)31-28-30-16-23-27(32-28)26(22(38-23)15-24(29)36)19-8-6-7-9-21(19)37-4/h6-9,14,16-18H,5,10-13,15H2,1-4H3,(H2,29,36)(H,30,31,32). The number of methoxy groups -OCH3 is 1. The smallest absolute Gasteiger partial charge is 0.228 e. The number of hydrogen-bond donors (Lipinski definition) is 2. The van der Waals surface area contributed by atoms with Crippen molar-refractivity contribution in [2.24, 2.45) is 5.73 Å². The number of nitrogens with zero attached hydrogens (tertiary/aromatic N) is 5. The zero-order chi connectivity index (χ0) is 26.8. The van der Waals surface area contributed by atoms with Crippen LogP contribution in [0, 0.1) is 0 Å².